The fraction of sp³-hybridized carbons (Fsp3) is 0.0625. The highest BCUT2D eigenvalue weighted by Gasteiger charge is 2.10. The summed E-state index contributed by atoms with van der Waals surface area (Å²) in [4.78, 5) is 23.4. The van der Waals surface area contributed by atoms with Crippen LogP contribution in [0.4, 0.5) is 5.69 Å². The minimum absolute atomic E-state index is 0.0625. The molecular formula is C16H14N4O3. The Labute approximate surface area is 132 Å². The van der Waals surface area contributed by atoms with Gasteiger partial charge in [0.25, 0.3) is 11.8 Å². The first kappa shape index (κ1) is 15.9. The number of carbonyl (C=O) groups is 2. The maximum absolute atomic E-state index is 11.8. The lowest BCUT2D eigenvalue weighted by Crippen LogP contribution is -2.44. The smallest absolute Gasteiger partial charge is 0.273 e. The van der Waals surface area contributed by atoms with E-state index in [4.69, 9.17) is 5.26 Å². The Kier molecular flexibility index (Phi) is 5.15. The summed E-state index contributed by atoms with van der Waals surface area (Å²) in [5.41, 5.74) is 5.71. The summed E-state index contributed by atoms with van der Waals surface area (Å²) in [6.07, 6.45) is 0. The summed E-state index contributed by atoms with van der Waals surface area (Å²) in [6.45, 7) is -0.0625. The number of nitriles is 1. The second kappa shape index (κ2) is 7.47. The zero-order valence-electron chi connectivity index (χ0n) is 12.0. The first-order valence-corrected chi connectivity index (χ1v) is 6.71. The van der Waals surface area contributed by atoms with Gasteiger partial charge in [-0.05, 0) is 36.4 Å². The molecule has 0 unspecified atom stereocenters. The van der Waals surface area contributed by atoms with E-state index in [9.17, 15) is 14.7 Å². The number of phenolic OH excluding ortho intramolecular Hbond substituents is 1. The zero-order valence-corrected chi connectivity index (χ0v) is 12.0. The van der Waals surface area contributed by atoms with E-state index in [1.807, 2.05) is 6.07 Å². The largest absolute Gasteiger partial charge is 0.507 e. The highest BCUT2D eigenvalue weighted by atomic mass is 16.3. The average molecular weight is 310 g/mol. The van der Waals surface area contributed by atoms with Crippen molar-refractivity contribution in [3.63, 3.8) is 0 Å². The van der Waals surface area contributed by atoms with Gasteiger partial charge in [0.2, 0.25) is 0 Å². The lowest BCUT2D eigenvalue weighted by molar-refractivity contribution is -0.120. The Morgan fingerprint density at radius 1 is 1.04 bits per heavy atom. The van der Waals surface area contributed by atoms with Gasteiger partial charge < -0.3 is 10.4 Å². The van der Waals surface area contributed by atoms with E-state index in [-0.39, 0.29) is 17.9 Å². The summed E-state index contributed by atoms with van der Waals surface area (Å²) < 4.78 is 0. The number of amides is 2. The number of hydrazine groups is 1. The van der Waals surface area contributed by atoms with Crippen LogP contribution in [0.3, 0.4) is 0 Å². The van der Waals surface area contributed by atoms with E-state index >= 15 is 0 Å². The molecule has 0 aliphatic heterocycles. The number of nitrogens with zero attached hydrogens (tertiary/aromatic N) is 1. The van der Waals surface area contributed by atoms with Crippen LogP contribution in [-0.4, -0.2) is 23.5 Å². The first-order chi connectivity index (χ1) is 11.1. The molecule has 7 nitrogen and oxygen atoms in total. The van der Waals surface area contributed by atoms with Crippen LogP contribution in [0, 0.1) is 11.3 Å². The van der Waals surface area contributed by atoms with Gasteiger partial charge >= 0.3 is 0 Å². The number of para-hydroxylation sites is 1. The fourth-order valence-corrected chi connectivity index (χ4v) is 1.75. The molecule has 0 saturated heterocycles. The van der Waals surface area contributed by atoms with Crippen LogP contribution in [0.25, 0.3) is 0 Å². The highest BCUT2D eigenvalue weighted by molar-refractivity contribution is 5.97. The molecule has 2 amide bonds. The molecule has 116 valence electrons. The number of nitrogens with one attached hydrogen (secondary N) is 3. The minimum atomic E-state index is -0.616. The summed E-state index contributed by atoms with van der Waals surface area (Å²) in [5, 5.41) is 21.1. The van der Waals surface area contributed by atoms with Crippen molar-refractivity contribution in [3.05, 3.63) is 59.7 Å². The van der Waals surface area contributed by atoms with E-state index < -0.39 is 11.8 Å². The van der Waals surface area contributed by atoms with E-state index in [0.717, 1.165) is 0 Å². The topological polar surface area (TPSA) is 114 Å². The molecule has 0 bridgehead atoms. The van der Waals surface area contributed by atoms with Crippen molar-refractivity contribution in [2.24, 2.45) is 0 Å². The number of rotatable bonds is 4. The van der Waals surface area contributed by atoms with Crippen molar-refractivity contribution in [2.75, 3.05) is 11.9 Å². The number of carbonyl (C=O) groups excluding carboxylic acids is 2. The minimum Gasteiger partial charge on any atom is -0.507 e. The molecule has 0 radical (unpaired) electrons. The molecule has 0 aliphatic carbocycles. The van der Waals surface area contributed by atoms with Crippen LogP contribution >= 0.6 is 0 Å². The van der Waals surface area contributed by atoms with Crippen molar-refractivity contribution < 1.29 is 14.7 Å². The van der Waals surface area contributed by atoms with Crippen LogP contribution in [0.2, 0.25) is 0 Å². The molecule has 0 aromatic heterocycles. The number of phenols is 1. The van der Waals surface area contributed by atoms with Crippen LogP contribution in [0.5, 0.6) is 5.75 Å². The van der Waals surface area contributed by atoms with Crippen molar-refractivity contribution >= 4 is 17.5 Å². The summed E-state index contributed by atoms with van der Waals surface area (Å²) in [5.74, 6) is -1.25. The van der Waals surface area contributed by atoms with Crippen molar-refractivity contribution in [2.45, 2.75) is 0 Å². The van der Waals surface area contributed by atoms with Gasteiger partial charge in [0.05, 0.1) is 23.7 Å². The van der Waals surface area contributed by atoms with Crippen LogP contribution in [0.15, 0.2) is 48.5 Å². The second-order valence-corrected chi connectivity index (χ2v) is 4.56. The molecule has 0 fully saturated rings. The average Bonchev–Trinajstić information content (AvgIpc) is 2.58. The molecule has 2 rings (SSSR count). The van der Waals surface area contributed by atoms with E-state index in [0.29, 0.717) is 11.3 Å². The fourth-order valence-electron chi connectivity index (χ4n) is 1.75. The third-order valence-electron chi connectivity index (χ3n) is 2.93. The molecule has 23 heavy (non-hydrogen) atoms. The molecule has 0 spiro atoms. The Bertz CT molecular complexity index is 751. The highest BCUT2D eigenvalue weighted by Crippen LogP contribution is 2.14. The van der Waals surface area contributed by atoms with Gasteiger partial charge in [-0.2, -0.15) is 5.26 Å². The number of hydrogen-bond acceptors (Lipinski definition) is 5. The van der Waals surface area contributed by atoms with Crippen LogP contribution in [-0.2, 0) is 4.79 Å². The van der Waals surface area contributed by atoms with Crippen molar-refractivity contribution in [1.29, 1.82) is 5.26 Å². The number of aromatic hydroxyl groups is 1. The maximum atomic E-state index is 11.8. The molecular weight excluding hydrogens is 296 g/mol. The van der Waals surface area contributed by atoms with Gasteiger partial charge in [0, 0.05) is 5.69 Å². The van der Waals surface area contributed by atoms with E-state index in [1.165, 1.54) is 12.1 Å². The Morgan fingerprint density at radius 3 is 2.39 bits per heavy atom. The molecule has 0 atom stereocenters. The summed E-state index contributed by atoms with van der Waals surface area (Å²) >= 11 is 0. The van der Waals surface area contributed by atoms with Gasteiger partial charge in [-0.3, -0.25) is 20.4 Å². The number of benzene rings is 2. The molecule has 0 aliphatic rings. The Hall–Kier alpha value is -3.53. The van der Waals surface area contributed by atoms with Crippen LogP contribution < -0.4 is 16.2 Å². The normalized spacial score (nSPS) is 9.52. The third kappa shape index (κ3) is 4.47. The molecule has 2 aromatic carbocycles. The molecule has 7 heteroatoms. The van der Waals surface area contributed by atoms with Gasteiger partial charge in [-0.1, -0.05) is 12.1 Å². The SMILES string of the molecule is N#Cc1ccc(NCC(=O)NNC(=O)c2ccccc2O)cc1. The number of hydrogen-bond donors (Lipinski definition) is 4. The molecule has 0 heterocycles. The molecule has 0 saturated carbocycles. The summed E-state index contributed by atoms with van der Waals surface area (Å²) in [7, 11) is 0. The first-order valence-electron chi connectivity index (χ1n) is 6.71. The predicted octanol–water partition coefficient (Wildman–Crippen LogP) is 1.14. The lowest BCUT2D eigenvalue weighted by atomic mass is 10.2. The van der Waals surface area contributed by atoms with Gasteiger partial charge in [-0.25, -0.2) is 0 Å². The molecule has 4 N–H and O–H groups in total. The summed E-state index contributed by atoms with van der Waals surface area (Å²) in [6, 6.07) is 14.6. The third-order valence-corrected chi connectivity index (χ3v) is 2.93. The Balaban J connectivity index is 1.80. The van der Waals surface area contributed by atoms with Crippen LogP contribution in [0.1, 0.15) is 15.9 Å². The maximum Gasteiger partial charge on any atom is 0.273 e. The van der Waals surface area contributed by atoms with Gasteiger partial charge in [0.1, 0.15) is 5.75 Å². The van der Waals surface area contributed by atoms with Crippen molar-refractivity contribution in [3.8, 4) is 11.8 Å². The zero-order chi connectivity index (χ0) is 16.7. The Morgan fingerprint density at radius 2 is 1.74 bits per heavy atom. The standard InChI is InChI=1S/C16H14N4O3/c17-9-11-5-7-12(8-6-11)18-10-15(22)19-20-16(23)13-3-1-2-4-14(13)21/h1-8,18,21H,10H2,(H,19,22)(H,20,23). The second-order valence-electron chi connectivity index (χ2n) is 4.56. The van der Waals surface area contributed by atoms with Crippen molar-refractivity contribution in [1.82, 2.24) is 10.9 Å². The predicted molar refractivity (Wildman–Crippen MR) is 83.4 cm³/mol. The van der Waals surface area contributed by atoms with E-state index in [1.54, 1.807) is 36.4 Å². The molecule has 2 aromatic rings. The van der Waals surface area contributed by atoms with Gasteiger partial charge in [-0.15, -0.1) is 0 Å². The number of anilines is 1. The monoisotopic (exact) mass is 310 g/mol. The van der Waals surface area contributed by atoms with Gasteiger partial charge in [0.15, 0.2) is 0 Å². The lowest BCUT2D eigenvalue weighted by Gasteiger charge is -2.09. The quantitative estimate of drug-likeness (QED) is 0.632. The van der Waals surface area contributed by atoms with E-state index in [2.05, 4.69) is 16.2 Å².